The molecule has 0 fully saturated rings. The first-order valence-corrected chi connectivity index (χ1v) is 7.75. The van der Waals surface area contributed by atoms with Crippen LogP contribution >= 0.6 is 7.82 Å². The van der Waals surface area contributed by atoms with Gasteiger partial charge in [0.25, 0.3) is 0 Å². The summed E-state index contributed by atoms with van der Waals surface area (Å²) >= 11 is -6.44. The van der Waals surface area contributed by atoms with E-state index < -0.39 is 24.6 Å². The second-order valence-corrected chi connectivity index (χ2v) is 6.64. The van der Waals surface area contributed by atoms with Gasteiger partial charge in [-0.2, -0.15) is 0 Å². The van der Waals surface area contributed by atoms with E-state index in [1.807, 2.05) is 0 Å². The van der Waals surface area contributed by atoms with Crippen LogP contribution in [0.5, 0.6) is 0 Å². The fourth-order valence-electron chi connectivity index (χ4n) is 0.119. The van der Waals surface area contributed by atoms with Crippen molar-refractivity contribution in [3.63, 3.8) is 0 Å². The van der Waals surface area contributed by atoms with Crippen molar-refractivity contribution in [2.75, 3.05) is 0 Å². The summed E-state index contributed by atoms with van der Waals surface area (Å²) in [6.45, 7) is 0. The number of rotatable bonds is 2. The molecule has 0 aromatic carbocycles. The van der Waals surface area contributed by atoms with Gasteiger partial charge in [-0.15, -0.1) is 0 Å². The van der Waals surface area contributed by atoms with Gasteiger partial charge in [0.15, 0.2) is 0 Å². The summed E-state index contributed by atoms with van der Waals surface area (Å²) in [6.07, 6.45) is 0. The van der Waals surface area contributed by atoms with E-state index in [2.05, 4.69) is 3.18 Å². The fraction of sp³-hybridized carbons (Fsp3) is 0. The second kappa shape index (κ2) is 5.88. The molecule has 11 heteroatoms. The van der Waals surface area contributed by atoms with Crippen molar-refractivity contribution in [1.82, 2.24) is 0 Å². The maximum absolute atomic E-state index is 9.57. The molecule has 0 heterocycles. The zero-order chi connectivity index (χ0) is 7.71. The van der Waals surface area contributed by atoms with E-state index in [-0.39, 0.29) is 35.0 Å². The van der Waals surface area contributed by atoms with Crippen LogP contribution in [0.1, 0.15) is 0 Å². The zero-order valence-corrected chi connectivity index (χ0v) is 11.1. The molecule has 0 rings (SSSR count). The normalized spacial score (nSPS) is 11.2. The standard InChI is InChI=1S/Na.H3O4P.H2O.3O.W/c;1-5(2,3)4;;;;;/h;(H3,1,2,3,4);1H2;;;;/q+1;;;;;-1;+1/p-1. The van der Waals surface area contributed by atoms with Crippen LogP contribution in [0.3, 0.4) is 0 Å². The fourth-order valence-corrected chi connectivity index (χ4v) is 2.92. The van der Waals surface area contributed by atoms with Crippen molar-refractivity contribution in [3.8, 4) is 0 Å². The summed E-state index contributed by atoms with van der Waals surface area (Å²) < 4.78 is 40.9. The minimum Gasteiger partial charge on any atom is 1.00 e. The van der Waals surface area contributed by atoms with Gasteiger partial charge >= 0.3 is 82.2 Å². The Bertz CT molecular complexity index is 220. The molecule has 11 heavy (non-hydrogen) atoms. The molecule has 0 aliphatic heterocycles. The maximum Gasteiger partial charge on any atom is 1.00 e. The molecule has 0 saturated heterocycles. The van der Waals surface area contributed by atoms with Gasteiger partial charge in [-0.05, 0) is 0 Å². The Morgan fingerprint density at radius 3 is 1.64 bits per heavy atom. The van der Waals surface area contributed by atoms with E-state index in [0.717, 1.165) is 0 Å². The Labute approximate surface area is 87.1 Å². The third-order valence-corrected chi connectivity index (χ3v) is 4.63. The van der Waals surface area contributed by atoms with E-state index >= 15 is 0 Å². The maximum atomic E-state index is 9.57. The third kappa shape index (κ3) is 18.3. The van der Waals surface area contributed by atoms with Crippen LogP contribution in [0.2, 0.25) is 0 Å². The predicted molar refractivity (Wildman–Crippen MR) is 18.1 cm³/mol. The molecule has 64 valence electrons. The van der Waals surface area contributed by atoms with Crippen molar-refractivity contribution >= 4 is 7.82 Å². The Morgan fingerprint density at radius 2 is 1.64 bits per heavy atom. The van der Waals surface area contributed by atoms with Crippen LogP contribution in [0, 0.1) is 0 Å². The van der Waals surface area contributed by atoms with Crippen molar-refractivity contribution in [1.29, 1.82) is 0 Å². The third-order valence-electron chi connectivity index (χ3n) is 0.188. The van der Waals surface area contributed by atoms with E-state index in [9.17, 15) is 15.1 Å². The summed E-state index contributed by atoms with van der Waals surface area (Å²) in [5.74, 6) is 0. The monoisotopic (exact) mass is 370 g/mol. The first-order chi connectivity index (χ1) is 3.71. The smallest absolute Gasteiger partial charge is 1.00 e. The summed E-state index contributed by atoms with van der Waals surface area (Å²) in [4.78, 5) is 15.4. The van der Waals surface area contributed by atoms with Crippen LogP contribution in [0.25, 0.3) is 0 Å². The van der Waals surface area contributed by atoms with Crippen molar-refractivity contribution in [3.05, 3.63) is 0 Å². The molecule has 0 aliphatic carbocycles. The first-order valence-electron chi connectivity index (χ1n) is 1.43. The molecule has 0 atom stereocenters. The summed E-state index contributed by atoms with van der Waals surface area (Å²) in [7, 11) is -5.13. The molecule has 8 nitrogen and oxygen atoms in total. The zero-order valence-electron chi connectivity index (χ0n) is 5.29. The molecule has 0 radical (unpaired) electrons. The van der Waals surface area contributed by atoms with Gasteiger partial charge in [0.05, 0.1) is 0 Å². The Balaban J connectivity index is -0.000000320. The molecular weight excluding hydrogens is 366 g/mol. The summed E-state index contributed by atoms with van der Waals surface area (Å²) in [6, 6.07) is 0. The molecule has 0 unspecified atom stereocenters. The first kappa shape index (κ1) is 18.2. The van der Waals surface area contributed by atoms with Crippen LogP contribution in [-0.2, 0) is 31.3 Å². The quantitative estimate of drug-likeness (QED) is 0.363. The van der Waals surface area contributed by atoms with Gasteiger partial charge in [0.2, 0.25) is 0 Å². The van der Waals surface area contributed by atoms with Crippen molar-refractivity contribution in [2.45, 2.75) is 0 Å². The molecule has 0 amide bonds. The van der Waals surface area contributed by atoms with E-state index in [4.69, 9.17) is 9.79 Å². The second-order valence-electron chi connectivity index (χ2n) is 0.973. The SMILES string of the molecule is O.O=P(O)(O)[O][W](=[O])(=[O])[O-].[Na+]. The van der Waals surface area contributed by atoms with Gasteiger partial charge in [-0.1, -0.05) is 0 Å². The van der Waals surface area contributed by atoms with Crippen LogP contribution < -0.4 is 33.3 Å². The van der Waals surface area contributed by atoms with Crippen LogP contribution in [-0.4, -0.2) is 15.3 Å². The summed E-state index contributed by atoms with van der Waals surface area (Å²) in [5, 5.41) is 0. The molecule has 0 aliphatic rings. The van der Waals surface area contributed by atoms with Crippen LogP contribution in [0.4, 0.5) is 0 Å². The van der Waals surface area contributed by atoms with Gasteiger partial charge in [0, 0.05) is 0 Å². The summed E-state index contributed by atoms with van der Waals surface area (Å²) in [5.41, 5.74) is 0. The van der Waals surface area contributed by atoms with E-state index in [1.165, 1.54) is 0 Å². The molecule has 0 saturated carbocycles. The molecule has 0 aromatic rings. The average Bonchev–Trinajstić information content (AvgIpc) is 1.14. The van der Waals surface area contributed by atoms with Crippen molar-refractivity contribution in [2.24, 2.45) is 0 Å². The topological polar surface area (TPSA) is 155 Å². The molecule has 4 N–H and O–H groups in total. The predicted octanol–water partition coefficient (Wildman–Crippen LogP) is -5.69. The van der Waals surface area contributed by atoms with Crippen LogP contribution in [0.15, 0.2) is 0 Å². The number of hydrogen-bond donors (Lipinski definition) is 2. The largest absolute Gasteiger partial charge is 1.00 e. The van der Waals surface area contributed by atoms with Gasteiger partial charge < -0.3 is 5.48 Å². The van der Waals surface area contributed by atoms with Gasteiger partial charge in [0.1, 0.15) is 0 Å². The minimum atomic E-state index is -6.44. The Hall–Kier alpha value is 1.32. The molecular formula is H4NaO8PW. The molecule has 0 spiro atoms. The van der Waals surface area contributed by atoms with E-state index in [0.29, 0.717) is 0 Å². The Morgan fingerprint density at radius 1 is 1.36 bits per heavy atom. The minimum absolute atomic E-state index is 0. The molecule has 0 aromatic heterocycles. The molecule has 0 bridgehead atoms. The number of phosphoric acid groups is 1. The van der Waals surface area contributed by atoms with Crippen molar-refractivity contribution < 1.29 is 79.9 Å². The van der Waals surface area contributed by atoms with Gasteiger partial charge in [-0.3, -0.25) is 0 Å². The van der Waals surface area contributed by atoms with E-state index in [1.54, 1.807) is 0 Å². The number of hydrogen-bond acceptors (Lipinski definition) is 5. The average molecular weight is 370 g/mol. The Kier molecular flexibility index (Phi) is 9.71. The van der Waals surface area contributed by atoms with Gasteiger partial charge in [-0.25, -0.2) is 0 Å².